The summed E-state index contributed by atoms with van der Waals surface area (Å²) < 4.78 is 21.6. The fourth-order valence-corrected chi connectivity index (χ4v) is 6.68. The summed E-state index contributed by atoms with van der Waals surface area (Å²) >= 11 is 13.4. The molecule has 0 saturated carbocycles. The van der Waals surface area contributed by atoms with Gasteiger partial charge in [0.15, 0.2) is 11.4 Å². The van der Waals surface area contributed by atoms with Crippen molar-refractivity contribution in [1.82, 2.24) is 10.3 Å². The Kier molecular flexibility index (Phi) is 7.28. The molecular weight excluding hydrogens is 580 g/mol. The van der Waals surface area contributed by atoms with Crippen molar-refractivity contribution in [2.24, 2.45) is 11.1 Å². The molecule has 0 aliphatic carbocycles. The number of hydrogen-bond donors (Lipinski definition) is 4. The van der Waals surface area contributed by atoms with E-state index in [2.05, 4.69) is 20.9 Å². The lowest BCUT2D eigenvalue weighted by Gasteiger charge is -2.37. The van der Waals surface area contributed by atoms with Gasteiger partial charge in [-0.3, -0.25) is 20.2 Å². The Bertz CT molecular complexity index is 1530. The molecule has 0 bridgehead atoms. The third-order valence-electron chi connectivity index (χ3n) is 7.09. The van der Waals surface area contributed by atoms with Crippen molar-refractivity contribution < 1.29 is 23.5 Å². The lowest BCUT2D eigenvalue weighted by molar-refractivity contribution is -0.122. The Morgan fingerprint density at radius 3 is 2.67 bits per heavy atom. The predicted molar refractivity (Wildman–Crippen MR) is 151 cm³/mol. The first-order chi connectivity index (χ1) is 18.8. The number of thiazole rings is 1. The third-order valence-corrected chi connectivity index (χ3v) is 8.38. The molecule has 1 fully saturated rings. The lowest BCUT2D eigenvalue weighted by Crippen LogP contribution is -2.49. The van der Waals surface area contributed by atoms with E-state index in [0.717, 1.165) is 11.3 Å². The Morgan fingerprint density at radius 2 is 2.00 bits per heavy atom. The van der Waals surface area contributed by atoms with Crippen molar-refractivity contribution >= 4 is 63.3 Å². The van der Waals surface area contributed by atoms with E-state index in [1.807, 2.05) is 20.8 Å². The second kappa shape index (κ2) is 10.3. The van der Waals surface area contributed by atoms with Gasteiger partial charge in [-0.15, -0.1) is 11.3 Å². The van der Waals surface area contributed by atoms with Crippen LogP contribution in [0.2, 0.25) is 10.0 Å². The van der Waals surface area contributed by atoms with Gasteiger partial charge in [-0.05, 0) is 41.2 Å². The summed E-state index contributed by atoms with van der Waals surface area (Å²) in [7, 11) is 0. The van der Waals surface area contributed by atoms with Crippen molar-refractivity contribution in [3.63, 3.8) is 0 Å². The molecule has 5 N–H and O–H groups in total. The molecule has 3 amide bonds. The molecule has 4 atom stereocenters. The molecule has 3 heterocycles. The standard InChI is InChI=1S/C27H26Cl2FN5O4S/c1-26(2,3)10-18-27(14-8-7-12(28)9-16(14)32-23(27)37)19(13-5-4-6-15(29)20(13)30)22(34-18)39-25(38)35-24-33-17(11-40-24)21(31)36/h4-9,11,18-19,22,34H,10H2,1-3H3,(H2,31,36)(H,32,37)(H,33,35,38)/t18-,19-,22+,27+/m0/s1. The summed E-state index contributed by atoms with van der Waals surface area (Å²) in [6.45, 7) is 6.06. The summed E-state index contributed by atoms with van der Waals surface area (Å²) in [5.41, 5.74) is 4.78. The monoisotopic (exact) mass is 605 g/mol. The van der Waals surface area contributed by atoms with E-state index in [4.69, 9.17) is 33.7 Å². The Hall–Kier alpha value is -3.25. The van der Waals surface area contributed by atoms with Gasteiger partial charge >= 0.3 is 6.09 Å². The zero-order chi connectivity index (χ0) is 29.0. The van der Waals surface area contributed by atoms with E-state index in [0.29, 0.717) is 22.7 Å². The highest BCUT2D eigenvalue weighted by Gasteiger charge is 2.66. The number of hydrogen-bond acceptors (Lipinski definition) is 7. The van der Waals surface area contributed by atoms with Crippen LogP contribution in [0.1, 0.15) is 54.7 Å². The number of carbonyl (C=O) groups is 3. The van der Waals surface area contributed by atoms with Crippen LogP contribution in [0, 0.1) is 11.2 Å². The molecule has 13 heteroatoms. The average molecular weight is 607 g/mol. The molecule has 9 nitrogen and oxygen atoms in total. The summed E-state index contributed by atoms with van der Waals surface area (Å²) in [4.78, 5) is 42.5. The highest BCUT2D eigenvalue weighted by Crippen LogP contribution is 2.57. The normalized spacial score (nSPS) is 23.6. The molecule has 2 aromatic carbocycles. The lowest BCUT2D eigenvalue weighted by atomic mass is 9.63. The van der Waals surface area contributed by atoms with Crippen LogP contribution in [0.15, 0.2) is 41.8 Å². The first-order valence-electron chi connectivity index (χ1n) is 12.4. The van der Waals surface area contributed by atoms with Crippen LogP contribution in [0.5, 0.6) is 0 Å². The topological polar surface area (TPSA) is 135 Å². The summed E-state index contributed by atoms with van der Waals surface area (Å²) in [6, 6.07) is 8.99. The van der Waals surface area contributed by atoms with Gasteiger partial charge in [0.25, 0.3) is 5.91 Å². The smallest absolute Gasteiger partial charge is 0.415 e. The second-order valence-electron chi connectivity index (χ2n) is 11.0. The minimum absolute atomic E-state index is 0.0137. The Labute approximate surface area is 243 Å². The molecule has 5 rings (SSSR count). The van der Waals surface area contributed by atoms with E-state index in [1.54, 1.807) is 24.3 Å². The number of nitrogens with one attached hydrogen (secondary N) is 3. The minimum Gasteiger partial charge on any atom is -0.429 e. The molecular formula is C27H26Cl2FN5O4S. The third kappa shape index (κ3) is 4.91. The van der Waals surface area contributed by atoms with E-state index in [1.165, 1.54) is 17.5 Å². The van der Waals surface area contributed by atoms with Crippen LogP contribution < -0.4 is 21.7 Å². The van der Waals surface area contributed by atoms with Gasteiger partial charge in [0, 0.05) is 22.1 Å². The quantitative estimate of drug-likeness (QED) is 0.297. The summed E-state index contributed by atoms with van der Waals surface area (Å²) in [5.74, 6) is -2.87. The summed E-state index contributed by atoms with van der Waals surface area (Å²) in [6.07, 6.45) is -1.61. The molecule has 3 aromatic rings. The molecule has 1 saturated heterocycles. The van der Waals surface area contributed by atoms with Gasteiger partial charge < -0.3 is 15.8 Å². The first kappa shape index (κ1) is 28.3. The van der Waals surface area contributed by atoms with E-state index >= 15 is 4.39 Å². The zero-order valence-electron chi connectivity index (χ0n) is 21.7. The molecule has 0 unspecified atom stereocenters. The molecule has 1 spiro atoms. The largest absolute Gasteiger partial charge is 0.429 e. The zero-order valence-corrected chi connectivity index (χ0v) is 24.0. The number of rotatable bonds is 5. The number of halogens is 3. The van der Waals surface area contributed by atoms with Crippen LogP contribution in [0.25, 0.3) is 0 Å². The maximum Gasteiger partial charge on any atom is 0.415 e. The number of amides is 3. The molecule has 40 heavy (non-hydrogen) atoms. The highest BCUT2D eigenvalue weighted by atomic mass is 35.5. The van der Waals surface area contributed by atoms with Crippen LogP contribution in [0.3, 0.4) is 0 Å². The van der Waals surface area contributed by atoms with Crippen LogP contribution in [0.4, 0.5) is 20.0 Å². The van der Waals surface area contributed by atoms with Crippen molar-refractivity contribution in [3.8, 4) is 0 Å². The first-order valence-corrected chi connectivity index (χ1v) is 14.0. The number of primary amides is 1. The number of anilines is 2. The number of aromatic nitrogens is 1. The van der Waals surface area contributed by atoms with Crippen LogP contribution in [-0.2, 0) is 14.9 Å². The van der Waals surface area contributed by atoms with E-state index < -0.39 is 41.4 Å². The number of nitrogens with zero attached hydrogens (tertiary/aromatic N) is 1. The Morgan fingerprint density at radius 1 is 1.25 bits per heavy atom. The predicted octanol–water partition coefficient (Wildman–Crippen LogP) is 5.64. The number of benzene rings is 2. The van der Waals surface area contributed by atoms with Crippen molar-refractivity contribution in [2.45, 2.75) is 50.8 Å². The van der Waals surface area contributed by atoms with Crippen LogP contribution >= 0.6 is 34.5 Å². The fourth-order valence-electron chi connectivity index (χ4n) is 5.64. The van der Waals surface area contributed by atoms with Gasteiger partial charge in [-0.1, -0.05) is 62.2 Å². The van der Waals surface area contributed by atoms with E-state index in [-0.39, 0.29) is 32.7 Å². The SMILES string of the molecule is CC(C)(C)C[C@@H]1N[C@H](OC(=O)Nc2nc(C(N)=O)cs2)[C@H](c2cccc(Cl)c2F)[C@]12C(=O)Nc1cc(Cl)ccc12. The minimum atomic E-state index is -1.38. The van der Waals surface area contributed by atoms with Crippen molar-refractivity contribution in [3.05, 3.63) is 74.5 Å². The summed E-state index contributed by atoms with van der Waals surface area (Å²) in [5, 5.41) is 10.5. The van der Waals surface area contributed by atoms with Crippen molar-refractivity contribution in [1.29, 1.82) is 0 Å². The number of nitrogens with two attached hydrogens (primary N) is 1. The number of carbonyl (C=O) groups excluding carboxylic acids is 3. The van der Waals surface area contributed by atoms with Gasteiger partial charge in [0.1, 0.15) is 16.9 Å². The Balaban J connectivity index is 1.63. The van der Waals surface area contributed by atoms with Crippen LogP contribution in [-0.4, -0.2) is 35.2 Å². The van der Waals surface area contributed by atoms with Gasteiger partial charge in [0.05, 0.1) is 10.9 Å². The molecule has 0 radical (unpaired) electrons. The molecule has 1 aromatic heterocycles. The number of ether oxygens (including phenoxy) is 1. The fraction of sp³-hybridized carbons (Fsp3) is 0.333. The van der Waals surface area contributed by atoms with Crippen molar-refractivity contribution in [2.75, 3.05) is 10.6 Å². The van der Waals surface area contributed by atoms with Gasteiger partial charge in [0.2, 0.25) is 5.91 Å². The maximum atomic E-state index is 15.7. The van der Waals surface area contributed by atoms with E-state index in [9.17, 15) is 14.4 Å². The average Bonchev–Trinajstić information content (AvgIpc) is 3.51. The number of fused-ring (bicyclic) bond motifs is 2. The molecule has 2 aliphatic rings. The molecule has 210 valence electrons. The van der Waals surface area contributed by atoms with Gasteiger partial charge in [-0.2, -0.15) is 0 Å². The second-order valence-corrected chi connectivity index (χ2v) is 12.7. The molecule has 2 aliphatic heterocycles. The highest BCUT2D eigenvalue weighted by molar-refractivity contribution is 7.14. The van der Waals surface area contributed by atoms with Gasteiger partial charge in [-0.25, -0.2) is 14.2 Å². The maximum absolute atomic E-state index is 15.7.